The summed E-state index contributed by atoms with van der Waals surface area (Å²) in [6.07, 6.45) is 4.25. The van der Waals surface area contributed by atoms with Crippen LogP contribution in [0.4, 0.5) is 11.4 Å². The van der Waals surface area contributed by atoms with Crippen LogP contribution in [0, 0.1) is 0 Å². The van der Waals surface area contributed by atoms with Crippen molar-refractivity contribution in [3.05, 3.63) is 65.0 Å². The van der Waals surface area contributed by atoms with Crippen LogP contribution in [0.1, 0.15) is 102 Å². The second-order valence-electron chi connectivity index (χ2n) is 10.8. The summed E-state index contributed by atoms with van der Waals surface area (Å²) in [4.78, 5) is 4.49. The molecule has 0 radical (unpaired) electrons. The largest absolute Gasteiger partial charge is 0.506 e. The minimum absolute atomic E-state index is 0.0356. The summed E-state index contributed by atoms with van der Waals surface area (Å²) in [6, 6.07) is 10.8. The van der Waals surface area contributed by atoms with Gasteiger partial charge in [-0.15, -0.1) is 0 Å². The zero-order chi connectivity index (χ0) is 23.1. The molecule has 3 heteroatoms. The summed E-state index contributed by atoms with van der Waals surface area (Å²) in [5, 5.41) is 10.6. The Morgan fingerprint density at radius 3 is 1.81 bits per heavy atom. The summed E-state index contributed by atoms with van der Waals surface area (Å²) in [5.41, 5.74) is 7.64. The number of aromatic hydroxyl groups is 1. The zero-order valence-electron chi connectivity index (χ0n) is 20.8. The number of hydrogen-bond acceptors (Lipinski definition) is 3. The molecule has 0 atom stereocenters. The quantitative estimate of drug-likeness (QED) is 0.534. The van der Waals surface area contributed by atoms with Crippen LogP contribution in [0.2, 0.25) is 0 Å². The predicted octanol–water partition coefficient (Wildman–Crippen LogP) is 7.82. The van der Waals surface area contributed by atoms with E-state index in [4.69, 9.17) is 0 Å². The van der Waals surface area contributed by atoms with Crippen molar-refractivity contribution < 1.29 is 5.11 Å². The van der Waals surface area contributed by atoms with Gasteiger partial charge in [-0.3, -0.25) is 0 Å². The van der Waals surface area contributed by atoms with Crippen molar-refractivity contribution in [3.63, 3.8) is 0 Å². The van der Waals surface area contributed by atoms with Crippen molar-refractivity contribution in [2.75, 3.05) is 16.5 Å². The zero-order valence-corrected chi connectivity index (χ0v) is 20.8. The molecule has 0 bridgehead atoms. The molecule has 0 aliphatic carbocycles. The van der Waals surface area contributed by atoms with Crippen molar-refractivity contribution in [1.29, 1.82) is 0 Å². The maximum absolute atomic E-state index is 10.6. The Morgan fingerprint density at radius 1 is 0.774 bits per heavy atom. The van der Waals surface area contributed by atoms with Crippen LogP contribution in [0.5, 0.6) is 5.75 Å². The van der Waals surface area contributed by atoms with Crippen molar-refractivity contribution in [2.45, 2.75) is 85.5 Å². The number of hydrogen-bond donors (Lipinski definition) is 1. The second-order valence-corrected chi connectivity index (χ2v) is 10.8. The lowest BCUT2D eigenvalue weighted by Gasteiger charge is -2.30. The van der Waals surface area contributed by atoms with Crippen LogP contribution in [-0.2, 0) is 5.41 Å². The van der Waals surface area contributed by atoms with E-state index < -0.39 is 0 Å². The van der Waals surface area contributed by atoms with Gasteiger partial charge in [0.05, 0.1) is 12.4 Å². The van der Waals surface area contributed by atoms with Gasteiger partial charge in [0, 0.05) is 18.1 Å². The number of nitrogens with zero attached hydrogens (tertiary/aromatic N) is 2. The molecule has 0 fully saturated rings. The van der Waals surface area contributed by atoms with E-state index in [0.717, 1.165) is 5.69 Å². The fourth-order valence-electron chi connectivity index (χ4n) is 4.19. The SMILES string of the molecule is CC(C)c1cc(C(C)C)c(N2C=CN(c3cc(C(C)(C)C)ccc3O)C2)c(C(C)C)c1. The predicted molar refractivity (Wildman–Crippen MR) is 134 cm³/mol. The molecule has 3 nitrogen and oxygen atoms in total. The molecule has 2 aromatic carbocycles. The van der Waals surface area contributed by atoms with Gasteiger partial charge in [0.1, 0.15) is 5.75 Å². The van der Waals surface area contributed by atoms with Gasteiger partial charge in [-0.05, 0) is 57.6 Å². The standard InChI is InChI=1S/C28H40N2O/c1-18(2)21-14-23(19(3)4)27(24(15-21)20(5)6)30-13-12-29(17-30)25-16-22(28(7,8)9)10-11-26(25)31/h10-16,18-20,31H,17H2,1-9H3. The fourth-order valence-corrected chi connectivity index (χ4v) is 4.19. The number of phenols is 1. The number of benzene rings is 2. The van der Waals surface area contributed by atoms with Gasteiger partial charge < -0.3 is 14.9 Å². The molecule has 0 amide bonds. The van der Waals surface area contributed by atoms with Crippen molar-refractivity contribution >= 4 is 11.4 Å². The molecule has 1 N–H and O–H groups in total. The fraction of sp³-hybridized carbons (Fsp3) is 0.500. The van der Waals surface area contributed by atoms with Gasteiger partial charge in [0.2, 0.25) is 0 Å². The molecule has 2 aromatic rings. The first kappa shape index (κ1) is 23.2. The van der Waals surface area contributed by atoms with Crippen LogP contribution in [-0.4, -0.2) is 11.8 Å². The number of anilines is 2. The minimum Gasteiger partial charge on any atom is -0.506 e. The van der Waals surface area contributed by atoms with Crippen LogP contribution < -0.4 is 9.80 Å². The monoisotopic (exact) mass is 420 g/mol. The minimum atomic E-state index is 0.0356. The maximum Gasteiger partial charge on any atom is 0.139 e. The third kappa shape index (κ3) is 4.76. The third-order valence-electron chi connectivity index (χ3n) is 6.27. The normalized spacial score (nSPS) is 14.6. The molecule has 0 saturated carbocycles. The molecule has 0 unspecified atom stereocenters. The van der Waals surface area contributed by atoms with Crippen LogP contribution in [0.15, 0.2) is 42.7 Å². The van der Waals surface area contributed by atoms with Gasteiger partial charge in [0.15, 0.2) is 0 Å². The van der Waals surface area contributed by atoms with Crippen molar-refractivity contribution in [3.8, 4) is 5.75 Å². The average Bonchev–Trinajstić information content (AvgIpc) is 3.15. The van der Waals surface area contributed by atoms with Gasteiger partial charge in [0.25, 0.3) is 0 Å². The van der Waals surface area contributed by atoms with Gasteiger partial charge >= 0.3 is 0 Å². The lowest BCUT2D eigenvalue weighted by Crippen LogP contribution is -2.27. The lowest BCUT2D eigenvalue weighted by atomic mass is 9.86. The first-order valence-electron chi connectivity index (χ1n) is 11.6. The number of rotatable bonds is 5. The molecule has 0 spiro atoms. The molecular weight excluding hydrogens is 380 g/mol. The molecule has 168 valence electrons. The second kappa shape index (κ2) is 8.61. The van der Waals surface area contributed by atoms with Crippen LogP contribution in [0.3, 0.4) is 0 Å². The molecule has 1 heterocycles. The molecule has 0 aromatic heterocycles. The smallest absolute Gasteiger partial charge is 0.139 e. The molecule has 31 heavy (non-hydrogen) atoms. The van der Waals surface area contributed by atoms with E-state index in [0.29, 0.717) is 30.2 Å². The summed E-state index contributed by atoms with van der Waals surface area (Å²) >= 11 is 0. The van der Waals surface area contributed by atoms with Crippen molar-refractivity contribution in [1.82, 2.24) is 0 Å². The Hall–Kier alpha value is -2.42. The van der Waals surface area contributed by atoms with E-state index in [1.807, 2.05) is 12.1 Å². The van der Waals surface area contributed by atoms with Crippen LogP contribution >= 0.6 is 0 Å². The third-order valence-corrected chi connectivity index (χ3v) is 6.27. The number of phenolic OH excluding ortho intramolecular Hbond substituents is 1. The topological polar surface area (TPSA) is 26.7 Å². The molecular formula is C28H40N2O. The van der Waals surface area contributed by atoms with Gasteiger partial charge in [-0.25, -0.2) is 0 Å². The highest BCUT2D eigenvalue weighted by Gasteiger charge is 2.26. The first-order chi connectivity index (χ1) is 14.4. The maximum atomic E-state index is 10.6. The molecule has 3 rings (SSSR count). The molecule has 1 aliphatic rings. The summed E-state index contributed by atoms with van der Waals surface area (Å²) in [5.74, 6) is 1.70. The van der Waals surface area contributed by atoms with Gasteiger partial charge in [-0.1, -0.05) is 80.5 Å². The van der Waals surface area contributed by atoms with E-state index in [1.54, 1.807) is 0 Å². The van der Waals surface area contributed by atoms with E-state index in [9.17, 15) is 5.11 Å². The Morgan fingerprint density at radius 2 is 1.32 bits per heavy atom. The Labute approximate surface area is 189 Å². The van der Waals surface area contributed by atoms with E-state index in [1.165, 1.54) is 27.9 Å². The Bertz CT molecular complexity index is 934. The van der Waals surface area contributed by atoms with Gasteiger partial charge in [-0.2, -0.15) is 0 Å². The Balaban J connectivity index is 2.03. The van der Waals surface area contributed by atoms with Crippen LogP contribution in [0.25, 0.3) is 0 Å². The lowest BCUT2D eigenvalue weighted by molar-refractivity contribution is 0.474. The van der Waals surface area contributed by atoms with Crippen molar-refractivity contribution in [2.24, 2.45) is 0 Å². The van der Waals surface area contributed by atoms with E-state index >= 15 is 0 Å². The van der Waals surface area contributed by atoms with E-state index in [-0.39, 0.29) is 5.41 Å². The first-order valence-corrected chi connectivity index (χ1v) is 11.6. The summed E-state index contributed by atoms with van der Waals surface area (Å²) in [6.45, 7) is 21.0. The summed E-state index contributed by atoms with van der Waals surface area (Å²) < 4.78 is 0. The summed E-state index contributed by atoms with van der Waals surface area (Å²) in [7, 11) is 0. The Kier molecular flexibility index (Phi) is 6.45. The average molecular weight is 421 g/mol. The molecule has 0 saturated heterocycles. The van der Waals surface area contributed by atoms with E-state index in [2.05, 4.69) is 103 Å². The highest BCUT2D eigenvalue weighted by molar-refractivity contribution is 5.70. The highest BCUT2D eigenvalue weighted by atomic mass is 16.3. The molecule has 1 aliphatic heterocycles. The highest BCUT2D eigenvalue weighted by Crippen LogP contribution is 2.41.